The van der Waals surface area contributed by atoms with E-state index in [0.29, 0.717) is 15.8 Å². The van der Waals surface area contributed by atoms with E-state index in [9.17, 15) is 9.59 Å². The van der Waals surface area contributed by atoms with E-state index >= 15 is 0 Å². The Hall–Kier alpha value is -3.85. The van der Waals surface area contributed by atoms with Gasteiger partial charge in [-0.3, -0.25) is 14.9 Å². The zero-order valence-corrected chi connectivity index (χ0v) is 16.8. The van der Waals surface area contributed by atoms with Gasteiger partial charge in [-0.25, -0.2) is 4.68 Å². The smallest absolute Gasteiger partial charge is 0.267 e. The third-order valence-electron chi connectivity index (χ3n) is 4.24. The minimum Gasteiger partial charge on any atom is -0.497 e. The SMILES string of the molecule is COc1ccc(-c2nnc(NC(=O)Cn3nc(-c4ccccc4)ccc3=O)s2)cc1. The molecule has 4 aromatic rings. The highest BCUT2D eigenvalue weighted by molar-refractivity contribution is 7.18. The van der Waals surface area contributed by atoms with E-state index in [1.165, 1.54) is 17.4 Å². The van der Waals surface area contributed by atoms with E-state index in [0.717, 1.165) is 21.6 Å². The summed E-state index contributed by atoms with van der Waals surface area (Å²) < 4.78 is 6.27. The van der Waals surface area contributed by atoms with Crippen LogP contribution in [0.2, 0.25) is 0 Å². The standard InChI is InChI=1S/C21H17N5O3S/c1-29-16-9-7-15(8-10-16)20-23-24-21(30-20)22-18(27)13-26-19(28)12-11-17(25-26)14-5-3-2-4-6-14/h2-12H,13H2,1H3,(H,22,24,27). The normalized spacial score (nSPS) is 10.6. The molecule has 0 aliphatic carbocycles. The fourth-order valence-electron chi connectivity index (χ4n) is 2.74. The Kier molecular flexibility index (Phi) is 5.62. The first kappa shape index (κ1) is 19.5. The van der Waals surface area contributed by atoms with Gasteiger partial charge in [0.25, 0.3) is 5.56 Å². The van der Waals surface area contributed by atoms with Crippen LogP contribution in [0.15, 0.2) is 71.5 Å². The molecule has 0 spiro atoms. The molecule has 1 N–H and O–H groups in total. The molecular weight excluding hydrogens is 402 g/mol. The Labute approximate surface area is 175 Å². The van der Waals surface area contributed by atoms with E-state index in [1.807, 2.05) is 54.6 Å². The number of carbonyl (C=O) groups excluding carboxylic acids is 1. The molecule has 4 rings (SSSR count). The molecule has 2 aromatic carbocycles. The fraction of sp³-hybridized carbons (Fsp3) is 0.0952. The van der Waals surface area contributed by atoms with Crippen molar-refractivity contribution in [3.05, 3.63) is 77.1 Å². The molecule has 9 heteroatoms. The first-order valence-corrected chi connectivity index (χ1v) is 9.85. The van der Waals surface area contributed by atoms with E-state index in [4.69, 9.17) is 4.74 Å². The number of benzene rings is 2. The number of aromatic nitrogens is 4. The number of nitrogens with one attached hydrogen (secondary N) is 1. The monoisotopic (exact) mass is 419 g/mol. The summed E-state index contributed by atoms with van der Waals surface area (Å²) in [6, 6.07) is 19.9. The third-order valence-corrected chi connectivity index (χ3v) is 5.13. The number of methoxy groups -OCH3 is 1. The number of anilines is 1. The highest BCUT2D eigenvalue weighted by atomic mass is 32.1. The second-order valence-electron chi connectivity index (χ2n) is 6.27. The molecule has 0 bridgehead atoms. The zero-order chi connectivity index (χ0) is 20.9. The number of nitrogens with zero attached hydrogens (tertiary/aromatic N) is 4. The van der Waals surface area contributed by atoms with Crippen molar-refractivity contribution in [3.8, 4) is 27.6 Å². The van der Waals surface area contributed by atoms with Crippen molar-refractivity contribution >= 4 is 22.4 Å². The number of carbonyl (C=O) groups is 1. The average Bonchev–Trinajstić information content (AvgIpc) is 3.24. The van der Waals surface area contributed by atoms with Crippen molar-refractivity contribution in [2.24, 2.45) is 0 Å². The molecule has 0 saturated carbocycles. The van der Waals surface area contributed by atoms with E-state index in [-0.39, 0.29) is 12.1 Å². The van der Waals surface area contributed by atoms with Crippen LogP contribution in [0.5, 0.6) is 5.75 Å². The molecule has 0 aliphatic heterocycles. The van der Waals surface area contributed by atoms with Gasteiger partial charge in [-0.05, 0) is 30.3 Å². The maximum atomic E-state index is 12.4. The lowest BCUT2D eigenvalue weighted by atomic mass is 10.1. The van der Waals surface area contributed by atoms with Crippen LogP contribution in [0, 0.1) is 0 Å². The summed E-state index contributed by atoms with van der Waals surface area (Å²) in [5.74, 6) is 0.333. The predicted octanol–water partition coefficient (Wildman–Crippen LogP) is 3.08. The lowest BCUT2D eigenvalue weighted by Crippen LogP contribution is -2.29. The van der Waals surface area contributed by atoms with Gasteiger partial charge < -0.3 is 4.74 Å². The van der Waals surface area contributed by atoms with Gasteiger partial charge in [0.05, 0.1) is 12.8 Å². The van der Waals surface area contributed by atoms with Crippen molar-refractivity contribution in [3.63, 3.8) is 0 Å². The molecule has 0 aliphatic rings. The predicted molar refractivity (Wildman–Crippen MR) is 114 cm³/mol. The number of rotatable bonds is 6. The molecule has 8 nitrogen and oxygen atoms in total. The van der Waals surface area contributed by atoms with Crippen LogP contribution in [0.25, 0.3) is 21.8 Å². The van der Waals surface area contributed by atoms with Gasteiger partial charge in [0.15, 0.2) is 0 Å². The molecule has 150 valence electrons. The first-order chi connectivity index (χ1) is 14.6. The van der Waals surface area contributed by atoms with Crippen molar-refractivity contribution in [1.82, 2.24) is 20.0 Å². The van der Waals surface area contributed by atoms with Crippen molar-refractivity contribution in [2.75, 3.05) is 12.4 Å². The summed E-state index contributed by atoms with van der Waals surface area (Å²) in [5.41, 5.74) is 1.98. The summed E-state index contributed by atoms with van der Waals surface area (Å²) in [6.07, 6.45) is 0. The summed E-state index contributed by atoms with van der Waals surface area (Å²) in [4.78, 5) is 24.5. The lowest BCUT2D eigenvalue weighted by Gasteiger charge is -2.06. The largest absolute Gasteiger partial charge is 0.497 e. The van der Waals surface area contributed by atoms with Crippen molar-refractivity contribution < 1.29 is 9.53 Å². The Morgan fingerprint density at radius 1 is 1.00 bits per heavy atom. The molecule has 30 heavy (non-hydrogen) atoms. The summed E-state index contributed by atoms with van der Waals surface area (Å²) >= 11 is 1.24. The summed E-state index contributed by atoms with van der Waals surface area (Å²) in [7, 11) is 1.60. The molecule has 1 amide bonds. The molecule has 0 atom stereocenters. The number of amides is 1. The van der Waals surface area contributed by atoms with Gasteiger partial charge in [0.1, 0.15) is 17.3 Å². The second-order valence-corrected chi connectivity index (χ2v) is 7.25. The maximum absolute atomic E-state index is 12.4. The van der Waals surface area contributed by atoms with Crippen molar-refractivity contribution in [2.45, 2.75) is 6.54 Å². The lowest BCUT2D eigenvalue weighted by molar-refractivity contribution is -0.117. The van der Waals surface area contributed by atoms with Gasteiger partial charge in [0, 0.05) is 17.2 Å². The minimum absolute atomic E-state index is 0.225. The fourth-order valence-corrected chi connectivity index (χ4v) is 3.51. The highest BCUT2D eigenvalue weighted by Gasteiger charge is 2.12. The Balaban J connectivity index is 1.46. The van der Waals surface area contributed by atoms with Gasteiger partial charge >= 0.3 is 0 Å². The summed E-state index contributed by atoms with van der Waals surface area (Å²) in [5, 5.41) is 16.1. The number of hydrogen-bond donors (Lipinski definition) is 1. The molecular formula is C21H17N5O3S. The maximum Gasteiger partial charge on any atom is 0.267 e. The van der Waals surface area contributed by atoms with Gasteiger partial charge in [0.2, 0.25) is 11.0 Å². The Morgan fingerprint density at radius 3 is 2.50 bits per heavy atom. The van der Waals surface area contributed by atoms with E-state index in [2.05, 4.69) is 20.6 Å². The number of ether oxygens (including phenoxy) is 1. The molecule has 0 unspecified atom stereocenters. The topological polar surface area (TPSA) is 99.0 Å². The third kappa shape index (κ3) is 4.41. The van der Waals surface area contributed by atoms with Gasteiger partial charge in [-0.2, -0.15) is 5.10 Å². The van der Waals surface area contributed by atoms with Crippen LogP contribution in [-0.4, -0.2) is 33.0 Å². The summed E-state index contributed by atoms with van der Waals surface area (Å²) in [6.45, 7) is -0.225. The minimum atomic E-state index is -0.410. The average molecular weight is 419 g/mol. The van der Waals surface area contributed by atoms with Crippen LogP contribution in [0.4, 0.5) is 5.13 Å². The van der Waals surface area contributed by atoms with Crippen LogP contribution < -0.4 is 15.6 Å². The van der Waals surface area contributed by atoms with Crippen LogP contribution in [-0.2, 0) is 11.3 Å². The Morgan fingerprint density at radius 2 is 1.77 bits per heavy atom. The van der Waals surface area contributed by atoms with E-state index < -0.39 is 5.91 Å². The van der Waals surface area contributed by atoms with Gasteiger partial charge in [-0.15, -0.1) is 10.2 Å². The van der Waals surface area contributed by atoms with Crippen LogP contribution in [0.3, 0.4) is 0 Å². The first-order valence-electron chi connectivity index (χ1n) is 9.04. The molecule has 2 heterocycles. The zero-order valence-electron chi connectivity index (χ0n) is 16.0. The quantitative estimate of drug-likeness (QED) is 0.516. The molecule has 2 aromatic heterocycles. The van der Waals surface area contributed by atoms with Crippen LogP contribution in [0.1, 0.15) is 0 Å². The molecule has 0 fully saturated rings. The molecule has 0 saturated heterocycles. The highest BCUT2D eigenvalue weighted by Crippen LogP contribution is 2.27. The van der Waals surface area contributed by atoms with E-state index in [1.54, 1.807) is 13.2 Å². The molecule has 0 radical (unpaired) electrons. The Bertz CT molecular complexity index is 1220. The number of hydrogen-bond acceptors (Lipinski definition) is 7. The van der Waals surface area contributed by atoms with Crippen LogP contribution >= 0.6 is 11.3 Å². The van der Waals surface area contributed by atoms with Crippen molar-refractivity contribution in [1.29, 1.82) is 0 Å². The second kappa shape index (κ2) is 8.66. The van der Waals surface area contributed by atoms with Gasteiger partial charge in [-0.1, -0.05) is 41.7 Å².